The third-order valence-electron chi connectivity index (χ3n) is 4.04. The molecule has 0 heterocycles. The first-order valence-corrected chi connectivity index (χ1v) is 8.04. The summed E-state index contributed by atoms with van der Waals surface area (Å²) < 4.78 is 0. The lowest BCUT2D eigenvalue weighted by Crippen LogP contribution is -2.33. The Labute approximate surface area is 137 Å². The van der Waals surface area contributed by atoms with Crippen LogP contribution in [0.15, 0.2) is 36.4 Å². The van der Waals surface area contributed by atoms with Crippen molar-refractivity contribution in [2.75, 3.05) is 26.0 Å². The molecule has 23 heavy (non-hydrogen) atoms. The normalized spacial score (nSPS) is 16.7. The molecule has 1 atom stereocenters. The first kappa shape index (κ1) is 17.1. The van der Waals surface area contributed by atoms with E-state index in [0.29, 0.717) is 18.2 Å². The van der Waals surface area contributed by atoms with E-state index in [-0.39, 0.29) is 18.4 Å². The van der Waals surface area contributed by atoms with Crippen molar-refractivity contribution in [1.82, 2.24) is 10.2 Å². The van der Waals surface area contributed by atoms with Crippen LogP contribution < -0.4 is 10.6 Å². The highest BCUT2D eigenvalue weighted by atomic mass is 16.2. The van der Waals surface area contributed by atoms with Crippen molar-refractivity contribution in [3.05, 3.63) is 42.0 Å². The maximum Gasteiger partial charge on any atom is 0.319 e. The van der Waals surface area contributed by atoms with Crippen molar-refractivity contribution in [3.8, 4) is 0 Å². The fourth-order valence-corrected chi connectivity index (χ4v) is 2.56. The molecule has 3 amide bonds. The Morgan fingerprint density at radius 2 is 2.00 bits per heavy atom. The van der Waals surface area contributed by atoms with Crippen LogP contribution in [0.2, 0.25) is 0 Å². The molecule has 124 valence electrons. The minimum atomic E-state index is -0.218. The van der Waals surface area contributed by atoms with E-state index in [1.807, 2.05) is 24.3 Å². The number of rotatable bonds is 5. The number of allylic oxidation sites excluding steroid dienone is 2. The second-order valence-corrected chi connectivity index (χ2v) is 6.11. The van der Waals surface area contributed by atoms with Crippen LogP contribution in [-0.2, 0) is 11.2 Å². The molecule has 1 aromatic rings. The predicted octanol–water partition coefficient (Wildman–Crippen LogP) is 2.80. The number of carbonyl (C=O) groups is 2. The minimum absolute atomic E-state index is 0.00801. The number of anilines is 1. The summed E-state index contributed by atoms with van der Waals surface area (Å²) in [6.45, 7) is 0.676. The van der Waals surface area contributed by atoms with Crippen LogP contribution >= 0.6 is 0 Å². The average Bonchev–Trinajstić information content (AvgIpc) is 2.55. The van der Waals surface area contributed by atoms with Gasteiger partial charge in [0.15, 0.2) is 0 Å². The Kier molecular flexibility index (Phi) is 6.20. The number of amides is 3. The van der Waals surface area contributed by atoms with Gasteiger partial charge in [-0.3, -0.25) is 4.79 Å². The van der Waals surface area contributed by atoms with Gasteiger partial charge in [0.2, 0.25) is 5.91 Å². The van der Waals surface area contributed by atoms with Crippen LogP contribution in [0.3, 0.4) is 0 Å². The van der Waals surface area contributed by atoms with Gasteiger partial charge in [-0.05, 0) is 36.8 Å². The van der Waals surface area contributed by atoms with Crippen molar-refractivity contribution < 1.29 is 9.59 Å². The Morgan fingerprint density at radius 3 is 2.70 bits per heavy atom. The van der Waals surface area contributed by atoms with E-state index in [1.165, 1.54) is 0 Å². The molecule has 1 aromatic carbocycles. The number of benzene rings is 1. The van der Waals surface area contributed by atoms with Crippen LogP contribution in [0.25, 0.3) is 0 Å². The largest absolute Gasteiger partial charge is 0.349 e. The monoisotopic (exact) mass is 315 g/mol. The van der Waals surface area contributed by atoms with Crippen LogP contribution in [-0.4, -0.2) is 37.5 Å². The predicted molar refractivity (Wildman–Crippen MR) is 92.3 cm³/mol. The third kappa shape index (κ3) is 5.43. The fourth-order valence-electron chi connectivity index (χ4n) is 2.56. The molecule has 5 nitrogen and oxygen atoms in total. The summed E-state index contributed by atoms with van der Waals surface area (Å²) >= 11 is 0. The van der Waals surface area contributed by atoms with Crippen molar-refractivity contribution in [1.29, 1.82) is 0 Å². The van der Waals surface area contributed by atoms with Crippen molar-refractivity contribution in [2.24, 2.45) is 5.92 Å². The molecule has 0 bridgehead atoms. The van der Waals surface area contributed by atoms with E-state index in [2.05, 4.69) is 22.8 Å². The van der Waals surface area contributed by atoms with E-state index in [9.17, 15) is 9.59 Å². The molecule has 2 N–H and O–H groups in total. The van der Waals surface area contributed by atoms with Gasteiger partial charge in [0.05, 0.1) is 6.42 Å². The summed E-state index contributed by atoms with van der Waals surface area (Å²) in [6.07, 6.45) is 7.86. The van der Waals surface area contributed by atoms with Crippen LogP contribution in [0, 0.1) is 5.92 Å². The molecule has 1 aliphatic carbocycles. The maximum absolute atomic E-state index is 12.1. The first-order valence-electron chi connectivity index (χ1n) is 8.04. The summed E-state index contributed by atoms with van der Waals surface area (Å²) in [5.41, 5.74) is 1.51. The van der Waals surface area contributed by atoms with Crippen LogP contribution in [0.4, 0.5) is 10.5 Å². The number of para-hydroxylation sites is 1. The Morgan fingerprint density at radius 1 is 1.22 bits per heavy atom. The lowest BCUT2D eigenvalue weighted by atomic mass is 9.94. The average molecular weight is 315 g/mol. The number of carbonyl (C=O) groups excluding carboxylic acids is 2. The van der Waals surface area contributed by atoms with Crippen LogP contribution in [0.5, 0.6) is 0 Å². The molecule has 0 unspecified atom stereocenters. The second-order valence-electron chi connectivity index (χ2n) is 6.11. The van der Waals surface area contributed by atoms with Crippen LogP contribution in [0.1, 0.15) is 24.8 Å². The van der Waals surface area contributed by atoms with Crippen molar-refractivity contribution >= 4 is 17.6 Å². The highest BCUT2D eigenvalue weighted by molar-refractivity contribution is 5.91. The fraction of sp³-hybridized carbons (Fsp3) is 0.444. The molecule has 0 saturated carbocycles. The number of nitrogens with zero attached hydrogens (tertiary/aromatic N) is 1. The molecule has 1 aliphatic rings. The number of hydrogen-bond acceptors (Lipinski definition) is 2. The lowest BCUT2D eigenvalue weighted by Gasteiger charge is -2.19. The van der Waals surface area contributed by atoms with Crippen molar-refractivity contribution in [2.45, 2.75) is 25.7 Å². The molecule has 0 aromatic heterocycles. The first-order chi connectivity index (χ1) is 11.1. The van der Waals surface area contributed by atoms with Crippen molar-refractivity contribution in [3.63, 3.8) is 0 Å². The molecular formula is C18H25N3O2. The Hall–Kier alpha value is -2.30. The van der Waals surface area contributed by atoms with Gasteiger partial charge < -0.3 is 15.5 Å². The highest BCUT2D eigenvalue weighted by Gasteiger charge is 2.13. The summed E-state index contributed by atoms with van der Waals surface area (Å²) in [5.74, 6) is 0.518. The molecule has 0 aliphatic heterocycles. The second kappa shape index (κ2) is 8.36. The molecule has 0 radical (unpaired) electrons. The van der Waals surface area contributed by atoms with E-state index < -0.39 is 0 Å². The quantitative estimate of drug-likeness (QED) is 0.821. The number of urea groups is 1. The summed E-state index contributed by atoms with van der Waals surface area (Å²) in [7, 11) is 3.45. The van der Waals surface area contributed by atoms with Gasteiger partial charge in [-0.2, -0.15) is 0 Å². The topological polar surface area (TPSA) is 61.4 Å². The zero-order valence-corrected chi connectivity index (χ0v) is 13.8. The van der Waals surface area contributed by atoms with E-state index in [4.69, 9.17) is 0 Å². The maximum atomic E-state index is 12.1. The van der Waals surface area contributed by atoms with Gasteiger partial charge in [0.25, 0.3) is 0 Å². The molecule has 0 spiro atoms. The van der Waals surface area contributed by atoms with Gasteiger partial charge >= 0.3 is 6.03 Å². The summed E-state index contributed by atoms with van der Waals surface area (Å²) in [4.78, 5) is 25.5. The van der Waals surface area contributed by atoms with E-state index >= 15 is 0 Å². The van der Waals surface area contributed by atoms with E-state index in [0.717, 1.165) is 24.8 Å². The molecule has 2 rings (SSSR count). The molecule has 0 saturated heterocycles. The highest BCUT2D eigenvalue weighted by Crippen LogP contribution is 2.18. The number of nitrogens with one attached hydrogen (secondary N) is 2. The molecular weight excluding hydrogens is 290 g/mol. The third-order valence-corrected chi connectivity index (χ3v) is 4.04. The zero-order valence-electron chi connectivity index (χ0n) is 13.8. The minimum Gasteiger partial charge on any atom is -0.349 e. The number of likely N-dealkylation sites (N-methyl/N-ethyl adjacent to an activating group) is 1. The Balaban J connectivity index is 1.89. The zero-order chi connectivity index (χ0) is 16.7. The SMILES string of the molecule is CN(C)C(=O)Cc1ccccc1NC(=O)NC[C@@H]1CC=CCC1. The van der Waals surface area contributed by atoms with Gasteiger partial charge in [-0.1, -0.05) is 30.4 Å². The van der Waals surface area contributed by atoms with Gasteiger partial charge in [-0.25, -0.2) is 4.79 Å². The smallest absolute Gasteiger partial charge is 0.319 e. The molecule has 5 heteroatoms. The summed E-state index contributed by atoms with van der Waals surface area (Å²) in [5, 5.41) is 5.78. The standard InChI is InChI=1S/C18H25N3O2/c1-21(2)17(22)12-15-10-6-7-11-16(15)20-18(23)19-13-14-8-4-3-5-9-14/h3-4,6-7,10-11,14H,5,8-9,12-13H2,1-2H3,(H2,19,20,23)/t14-/m1/s1. The van der Waals surface area contributed by atoms with Gasteiger partial charge in [0.1, 0.15) is 0 Å². The lowest BCUT2D eigenvalue weighted by molar-refractivity contribution is -0.127. The molecule has 0 fully saturated rings. The number of hydrogen-bond donors (Lipinski definition) is 2. The Bertz CT molecular complexity index is 581. The van der Waals surface area contributed by atoms with Gasteiger partial charge in [0, 0.05) is 26.3 Å². The summed E-state index contributed by atoms with van der Waals surface area (Å²) in [6, 6.07) is 7.19. The van der Waals surface area contributed by atoms with E-state index in [1.54, 1.807) is 19.0 Å². The van der Waals surface area contributed by atoms with Gasteiger partial charge in [-0.15, -0.1) is 0 Å².